The molecule has 0 heterocycles. The van der Waals surface area contributed by atoms with Gasteiger partial charge in [-0.25, -0.2) is 0 Å². The smallest absolute Gasteiger partial charge is 0.306 e. The molecule has 1 atom stereocenters. The lowest BCUT2D eigenvalue weighted by atomic mass is 10.0. The van der Waals surface area contributed by atoms with Gasteiger partial charge in [-0.15, -0.1) is 0 Å². The average molecular weight is 697 g/mol. The molecule has 0 aliphatic rings. The molecule has 0 unspecified atom stereocenters. The highest BCUT2D eigenvalue weighted by Gasteiger charge is 2.11. The summed E-state index contributed by atoms with van der Waals surface area (Å²) in [7, 11) is 0. The van der Waals surface area contributed by atoms with Gasteiger partial charge < -0.3 is 14.6 Å². The Kier molecular flexibility index (Phi) is 38.6. The number of aliphatic hydroxyl groups is 1. The van der Waals surface area contributed by atoms with Gasteiger partial charge in [-0.2, -0.15) is 0 Å². The number of carbonyl (C=O) groups is 2. The van der Waals surface area contributed by atoms with E-state index < -0.39 is 6.10 Å². The summed E-state index contributed by atoms with van der Waals surface area (Å²) in [6.45, 7) is 4.12. The molecule has 0 aromatic rings. The summed E-state index contributed by atoms with van der Waals surface area (Å²) in [5.74, 6) is -0.660. The third kappa shape index (κ3) is 39.8. The zero-order valence-corrected chi connectivity index (χ0v) is 32.4. The molecule has 5 nitrogen and oxygen atoms in total. The Hall–Kier alpha value is -2.66. The summed E-state index contributed by atoms with van der Waals surface area (Å²) in [5.41, 5.74) is 0. The van der Waals surface area contributed by atoms with Crippen LogP contribution in [0.2, 0.25) is 0 Å². The van der Waals surface area contributed by atoms with Crippen LogP contribution in [0.5, 0.6) is 0 Å². The van der Waals surface area contributed by atoms with Crippen molar-refractivity contribution in [2.24, 2.45) is 0 Å². The molecule has 1 N–H and O–H groups in total. The molecule has 0 bridgehead atoms. The van der Waals surface area contributed by atoms with Crippen molar-refractivity contribution in [2.45, 2.75) is 187 Å². The molecule has 0 aromatic carbocycles. The van der Waals surface area contributed by atoms with Gasteiger partial charge in [0.05, 0.1) is 0 Å². The lowest BCUT2D eigenvalue weighted by Gasteiger charge is -2.12. The fraction of sp³-hybridized carbons (Fsp3) is 0.689. The van der Waals surface area contributed by atoms with Crippen LogP contribution in [0, 0.1) is 0 Å². The fourth-order valence-electron chi connectivity index (χ4n) is 5.41. The van der Waals surface area contributed by atoms with E-state index >= 15 is 0 Å². The van der Waals surface area contributed by atoms with Gasteiger partial charge in [0, 0.05) is 12.8 Å². The zero-order valence-electron chi connectivity index (χ0n) is 32.4. The van der Waals surface area contributed by atoms with Crippen molar-refractivity contribution in [2.75, 3.05) is 13.2 Å². The van der Waals surface area contributed by atoms with Crippen molar-refractivity contribution in [3.63, 3.8) is 0 Å². The Bertz CT molecular complexity index is 926. The van der Waals surface area contributed by atoms with Gasteiger partial charge in [-0.05, 0) is 51.4 Å². The summed E-state index contributed by atoms with van der Waals surface area (Å²) in [6, 6.07) is 0. The number of unbranched alkanes of at least 4 members (excludes halogenated alkanes) is 16. The molecule has 0 spiro atoms. The van der Waals surface area contributed by atoms with Gasteiger partial charge in [-0.3, -0.25) is 9.59 Å². The highest BCUT2D eigenvalue weighted by atomic mass is 16.6. The average Bonchev–Trinajstić information content (AvgIpc) is 3.12. The molecule has 0 rings (SSSR count). The van der Waals surface area contributed by atoms with E-state index in [1.54, 1.807) is 0 Å². The Morgan fingerprint density at radius 1 is 0.440 bits per heavy atom. The topological polar surface area (TPSA) is 72.8 Å². The summed E-state index contributed by atoms with van der Waals surface area (Å²) in [5, 5.41) is 10.0. The van der Waals surface area contributed by atoms with Crippen LogP contribution < -0.4 is 0 Å². The van der Waals surface area contributed by atoms with Crippen LogP contribution in [0.15, 0.2) is 72.9 Å². The van der Waals surface area contributed by atoms with E-state index in [1.165, 1.54) is 89.9 Å². The number of hydrogen-bond acceptors (Lipinski definition) is 5. The summed E-state index contributed by atoms with van der Waals surface area (Å²) in [6.07, 6.45) is 54.0. The molecule has 0 aromatic heterocycles. The Labute approximate surface area is 308 Å². The zero-order chi connectivity index (χ0) is 36.4. The van der Waals surface area contributed by atoms with Crippen LogP contribution in [-0.4, -0.2) is 36.4 Å². The van der Waals surface area contributed by atoms with E-state index in [1.807, 2.05) is 12.2 Å². The number of esters is 2. The van der Waals surface area contributed by atoms with Crippen molar-refractivity contribution in [1.29, 1.82) is 0 Å². The minimum Gasteiger partial charge on any atom is -0.463 e. The van der Waals surface area contributed by atoms with Crippen molar-refractivity contribution in [3.8, 4) is 0 Å². The fourth-order valence-corrected chi connectivity index (χ4v) is 5.41. The van der Waals surface area contributed by atoms with E-state index in [-0.39, 0.29) is 31.6 Å². The Morgan fingerprint density at radius 2 is 0.760 bits per heavy atom. The van der Waals surface area contributed by atoms with E-state index in [0.29, 0.717) is 12.8 Å². The van der Waals surface area contributed by atoms with Crippen molar-refractivity contribution >= 4 is 11.9 Å². The standard InChI is InChI=1S/C45H76O5/c1-3-5-7-9-11-13-15-17-19-21-22-24-26-28-30-32-34-36-38-40-45(48)50-42-43(46)41-49-44(47)39-37-35-33-31-29-27-25-23-20-18-16-14-12-10-8-6-4-2/h5,7,11,13,17,19,22,24,28,30,34,36,43,46H,3-4,6,8-10,12,14-16,18,20-21,23,25-27,29,31-33,35,37-42H2,1-2H3/b7-5-,13-11-,19-17-,24-22-,30-28-,36-34-/t43-/m1/s1. The number of allylic oxidation sites excluding steroid dienone is 12. The van der Waals surface area contributed by atoms with Crippen molar-refractivity contribution in [3.05, 3.63) is 72.9 Å². The molecule has 50 heavy (non-hydrogen) atoms. The van der Waals surface area contributed by atoms with Gasteiger partial charge in [0.1, 0.15) is 19.3 Å². The van der Waals surface area contributed by atoms with Gasteiger partial charge in [-0.1, -0.05) is 189 Å². The van der Waals surface area contributed by atoms with E-state index in [9.17, 15) is 14.7 Å². The van der Waals surface area contributed by atoms with Crippen molar-refractivity contribution < 1.29 is 24.2 Å². The Morgan fingerprint density at radius 3 is 1.14 bits per heavy atom. The van der Waals surface area contributed by atoms with E-state index in [4.69, 9.17) is 9.47 Å². The number of hydrogen-bond donors (Lipinski definition) is 1. The second-order valence-electron chi connectivity index (χ2n) is 13.4. The van der Waals surface area contributed by atoms with Crippen molar-refractivity contribution in [1.82, 2.24) is 0 Å². The van der Waals surface area contributed by atoms with Crippen LogP contribution in [-0.2, 0) is 19.1 Å². The van der Waals surface area contributed by atoms with E-state index in [2.05, 4.69) is 74.6 Å². The molecule has 0 amide bonds. The van der Waals surface area contributed by atoms with E-state index in [0.717, 1.165) is 57.8 Å². The van der Waals surface area contributed by atoms with Crippen LogP contribution in [0.3, 0.4) is 0 Å². The molecule has 286 valence electrons. The maximum Gasteiger partial charge on any atom is 0.306 e. The predicted octanol–water partition coefficient (Wildman–Crippen LogP) is 13.0. The first kappa shape index (κ1) is 47.3. The van der Waals surface area contributed by atoms with Gasteiger partial charge in [0.15, 0.2) is 0 Å². The number of ether oxygens (including phenoxy) is 2. The molecule has 0 aliphatic carbocycles. The largest absolute Gasteiger partial charge is 0.463 e. The van der Waals surface area contributed by atoms with Gasteiger partial charge in [0.25, 0.3) is 0 Å². The van der Waals surface area contributed by atoms with Crippen LogP contribution in [0.25, 0.3) is 0 Å². The second kappa shape index (κ2) is 40.8. The number of aliphatic hydroxyl groups excluding tert-OH is 1. The molecule has 0 saturated carbocycles. The Balaban J connectivity index is 3.56. The minimum absolute atomic E-state index is 0.141. The molecular formula is C45H76O5. The van der Waals surface area contributed by atoms with Crippen LogP contribution in [0.4, 0.5) is 0 Å². The monoisotopic (exact) mass is 697 g/mol. The maximum absolute atomic E-state index is 12.0. The lowest BCUT2D eigenvalue weighted by Crippen LogP contribution is -2.25. The predicted molar refractivity (Wildman–Crippen MR) is 214 cm³/mol. The first-order valence-electron chi connectivity index (χ1n) is 20.5. The molecule has 5 heteroatoms. The third-order valence-corrected chi connectivity index (χ3v) is 8.47. The minimum atomic E-state index is -0.996. The quantitative estimate of drug-likeness (QED) is 0.0401. The van der Waals surface area contributed by atoms with Gasteiger partial charge >= 0.3 is 11.9 Å². The summed E-state index contributed by atoms with van der Waals surface area (Å²) >= 11 is 0. The number of carbonyl (C=O) groups excluding carboxylic acids is 2. The molecule has 0 radical (unpaired) electrons. The number of rotatable bonds is 36. The molecule has 0 saturated heterocycles. The van der Waals surface area contributed by atoms with Crippen LogP contribution in [0.1, 0.15) is 181 Å². The van der Waals surface area contributed by atoms with Gasteiger partial charge in [0.2, 0.25) is 0 Å². The van der Waals surface area contributed by atoms with Crippen LogP contribution >= 0.6 is 0 Å². The molecule has 0 fully saturated rings. The normalized spacial score (nSPS) is 12.9. The summed E-state index contributed by atoms with van der Waals surface area (Å²) in [4.78, 5) is 23.9. The highest BCUT2D eigenvalue weighted by molar-refractivity contribution is 5.70. The summed E-state index contributed by atoms with van der Waals surface area (Å²) < 4.78 is 10.3. The SMILES string of the molecule is CC/C=C\C/C=C\C/C=C\C/C=C\C/C=C\C/C=C\CCC(=O)OC[C@H](O)COC(=O)CCCCCCCCCCCCCCCCCCC. The third-order valence-electron chi connectivity index (χ3n) is 8.47. The molecule has 0 aliphatic heterocycles. The maximum atomic E-state index is 12.0. The first-order chi connectivity index (χ1) is 24.6. The second-order valence-corrected chi connectivity index (χ2v) is 13.4. The molecular weight excluding hydrogens is 620 g/mol. The lowest BCUT2D eigenvalue weighted by molar-refractivity contribution is -0.152. The highest BCUT2D eigenvalue weighted by Crippen LogP contribution is 2.14. The first-order valence-corrected chi connectivity index (χ1v) is 20.5.